The minimum absolute atomic E-state index is 0.0723. The number of rotatable bonds is 3. The Morgan fingerprint density at radius 3 is 2.56 bits per heavy atom. The van der Waals surface area contributed by atoms with E-state index in [-0.39, 0.29) is 16.8 Å². The van der Waals surface area contributed by atoms with Crippen LogP contribution < -0.4 is 0 Å². The van der Waals surface area contributed by atoms with Crippen LogP contribution in [-0.4, -0.2) is 43.5 Å². The van der Waals surface area contributed by atoms with Gasteiger partial charge in [0.25, 0.3) is 0 Å². The van der Waals surface area contributed by atoms with Crippen LogP contribution in [0.15, 0.2) is 30.3 Å². The molecule has 1 aliphatic heterocycles. The molecule has 0 radical (unpaired) electrons. The van der Waals surface area contributed by atoms with E-state index in [9.17, 15) is 13.2 Å². The molecule has 0 aromatic heterocycles. The summed E-state index contributed by atoms with van der Waals surface area (Å²) in [5.41, 5.74) is 0.446. The Morgan fingerprint density at radius 2 is 1.94 bits per heavy atom. The Bertz CT molecular complexity index is 524. The van der Waals surface area contributed by atoms with Crippen LogP contribution in [0, 0.1) is 0 Å². The summed E-state index contributed by atoms with van der Waals surface area (Å²) in [5.74, 6) is -0.449. The zero-order valence-corrected chi connectivity index (χ0v) is 11.5. The van der Waals surface area contributed by atoms with E-state index in [1.165, 1.54) is 11.8 Å². The summed E-state index contributed by atoms with van der Waals surface area (Å²) >= 11 is 1.42. The maximum absolute atomic E-state index is 11.8. The van der Waals surface area contributed by atoms with Gasteiger partial charge in [0, 0.05) is 0 Å². The van der Waals surface area contributed by atoms with Gasteiger partial charge in [0.1, 0.15) is 6.10 Å². The molecule has 0 bridgehead atoms. The normalized spacial score (nSPS) is 25.8. The molecule has 6 heteroatoms. The summed E-state index contributed by atoms with van der Waals surface area (Å²) in [6.45, 7) is 0. The van der Waals surface area contributed by atoms with Gasteiger partial charge in [0.2, 0.25) is 0 Å². The molecule has 0 aliphatic carbocycles. The average molecular weight is 286 g/mol. The summed E-state index contributed by atoms with van der Waals surface area (Å²) in [6.07, 6.45) is 1.28. The van der Waals surface area contributed by atoms with Crippen LogP contribution in [0.1, 0.15) is 10.4 Å². The minimum atomic E-state index is -3.08. The Kier molecular flexibility index (Phi) is 3.97. The highest BCUT2D eigenvalue weighted by atomic mass is 32.2. The van der Waals surface area contributed by atoms with Gasteiger partial charge < -0.3 is 4.74 Å². The molecule has 1 fully saturated rings. The molecule has 2 rings (SSSR count). The smallest absolute Gasteiger partial charge is 0.338 e. The fourth-order valence-electron chi connectivity index (χ4n) is 1.89. The number of carbonyl (C=O) groups is 1. The molecule has 98 valence electrons. The van der Waals surface area contributed by atoms with E-state index >= 15 is 0 Å². The molecule has 1 saturated heterocycles. The van der Waals surface area contributed by atoms with Crippen LogP contribution in [0.5, 0.6) is 0 Å². The van der Waals surface area contributed by atoms with Crippen LogP contribution >= 0.6 is 11.8 Å². The van der Waals surface area contributed by atoms with Gasteiger partial charge >= 0.3 is 5.97 Å². The van der Waals surface area contributed by atoms with Gasteiger partial charge in [-0.1, -0.05) is 18.2 Å². The first-order valence-electron chi connectivity index (χ1n) is 5.51. The average Bonchev–Trinajstić information content (AvgIpc) is 2.65. The molecule has 4 nitrogen and oxygen atoms in total. The van der Waals surface area contributed by atoms with E-state index in [2.05, 4.69) is 0 Å². The molecular weight excluding hydrogens is 272 g/mol. The van der Waals surface area contributed by atoms with E-state index < -0.39 is 21.9 Å². The lowest BCUT2D eigenvalue weighted by Crippen LogP contribution is -2.27. The Labute approximate surface area is 111 Å². The van der Waals surface area contributed by atoms with Crippen molar-refractivity contribution in [1.82, 2.24) is 0 Å². The number of hydrogen-bond acceptors (Lipinski definition) is 5. The lowest BCUT2D eigenvalue weighted by atomic mass is 10.2. The van der Waals surface area contributed by atoms with Crippen molar-refractivity contribution in [2.24, 2.45) is 0 Å². The zero-order chi connectivity index (χ0) is 13.2. The van der Waals surface area contributed by atoms with Crippen LogP contribution in [0.25, 0.3) is 0 Å². The number of ether oxygens (including phenoxy) is 1. The monoisotopic (exact) mass is 286 g/mol. The van der Waals surface area contributed by atoms with Crippen molar-refractivity contribution in [3.8, 4) is 0 Å². The van der Waals surface area contributed by atoms with Gasteiger partial charge in [0.15, 0.2) is 9.84 Å². The van der Waals surface area contributed by atoms with Crippen molar-refractivity contribution in [3.05, 3.63) is 35.9 Å². The van der Waals surface area contributed by atoms with Crippen LogP contribution in [0.4, 0.5) is 0 Å². The number of sulfone groups is 1. The van der Waals surface area contributed by atoms with Gasteiger partial charge in [-0.3, -0.25) is 0 Å². The fourth-order valence-corrected chi connectivity index (χ4v) is 5.29. The largest absolute Gasteiger partial charge is 0.456 e. The molecule has 1 aromatic carbocycles. The summed E-state index contributed by atoms with van der Waals surface area (Å²) < 4.78 is 28.3. The molecule has 0 spiro atoms. The quantitative estimate of drug-likeness (QED) is 0.785. The molecule has 0 saturated carbocycles. The number of esters is 1. The minimum Gasteiger partial charge on any atom is -0.456 e. The molecule has 1 aromatic rings. The molecule has 0 unspecified atom stereocenters. The Hall–Kier alpha value is -1.01. The predicted octanol–water partition coefficient (Wildman–Crippen LogP) is 1.37. The molecule has 0 amide bonds. The third kappa shape index (κ3) is 3.05. The summed E-state index contributed by atoms with van der Waals surface area (Å²) in [5, 5.41) is -0.164. The first kappa shape index (κ1) is 13.4. The van der Waals surface area contributed by atoms with E-state index in [0.29, 0.717) is 5.56 Å². The second kappa shape index (κ2) is 5.32. The van der Waals surface area contributed by atoms with Crippen LogP contribution in [-0.2, 0) is 14.6 Å². The van der Waals surface area contributed by atoms with Crippen molar-refractivity contribution in [2.45, 2.75) is 11.4 Å². The molecule has 18 heavy (non-hydrogen) atoms. The predicted molar refractivity (Wildman–Crippen MR) is 71.6 cm³/mol. The van der Waals surface area contributed by atoms with Crippen molar-refractivity contribution in [1.29, 1.82) is 0 Å². The van der Waals surface area contributed by atoms with Crippen LogP contribution in [0.2, 0.25) is 0 Å². The van der Waals surface area contributed by atoms with Gasteiger partial charge in [-0.15, -0.1) is 0 Å². The first-order chi connectivity index (χ1) is 8.52. The maximum atomic E-state index is 11.8. The van der Waals surface area contributed by atoms with Crippen molar-refractivity contribution in [2.75, 3.05) is 17.8 Å². The summed E-state index contributed by atoms with van der Waals surface area (Å²) in [4.78, 5) is 11.8. The molecular formula is C12H14O4S2. The van der Waals surface area contributed by atoms with Gasteiger partial charge in [-0.2, -0.15) is 11.8 Å². The van der Waals surface area contributed by atoms with E-state index in [4.69, 9.17) is 4.74 Å². The highest BCUT2D eigenvalue weighted by molar-refractivity contribution is 8.01. The van der Waals surface area contributed by atoms with Crippen LogP contribution in [0.3, 0.4) is 0 Å². The first-order valence-corrected chi connectivity index (χ1v) is 8.62. The lowest BCUT2D eigenvalue weighted by Gasteiger charge is -2.16. The third-order valence-electron chi connectivity index (χ3n) is 2.82. The highest BCUT2D eigenvalue weighted by Crippen LogP contribution is 2.26. The lowest BCUT2D eigenvalue weighted by molar-refractivity contribution is 0.0366. The Morgan fingerprint density at radius 1 is 1.28 bits per heavy atom. The van der Waals surface area contributed by atoms with Crippen molar-refractivity contribution < 1.29 is 17.9 Å². The maximum Gasteiger partial charge on any atom is 0.338 e. The highest BCUT2D eigenvalue weighted by Gasteiger charge is 2.39. The van der Waals surface area contributed by atoms with E-state index in [1.807, 2.05) is 12.3 Å². The number of thioether (sulfide) groups is 1. The molecule has 0 N–H and O–H groups in total. The van der Waals surface area contributed by atoms with Gasteiger partial charge in [0.05, 0.1) is 22.3 Å². The number of benzene rings is 1. The zero-order valence-electron chi connectivity index (χ0n) is 9.91. The van der Waals surface area contributed by atoms with Crippen molar-refractivity contribution in [3.63, 3.8) is 0 Å². The second-order valence-electron chi connectivity index (χ2n) is 4.16. The second-order valence-corrected chi connectivity index (χ2v) is 7.39. The summed E-state index contributed by atoms with van der Waals surface area (Å²) in [6, 6.07) is 8.60. The number of hydrogen-bond donors (Lipinski definition) is 0. The molecule has 1 aliphatic rings. The third-order valence-corrected chi connectivity index (χ3v) is 5.81. The molecule has 2 atom stereocenters. The SMILES string of the molecule is CS[C@H]1CS(=O)(=O)C[C@H]1OC(=O)c1ccccc1. The van der Waals surface area contributed by atoms with Gasteiger partial charge in [-0.25, -0.2) is 13.2 Å². The number of carbonyl (C=O) groups excluding carboxylic acids is 1. The van der Waals surface area contributed by atoms with E-state index in [1.54, 1.807) is 24.3 Å². The summed E-state index contributed by atoms with van der Waals surface area (Å²) in [7, 11) is -3.08. The topological polar surface area (TPSA) is 60.4 Å². The standard InChI is InChI=1S/C12H14O4S2/c1-17-11-8-18(14,15)7-10(11)16-12(13)9-5-3-2-4-6-9/h2-6,10-11H,7-8H2,1H3/t10-,11+/m1/s1. The van der Waals surface area contributed by atoms with E-state index in [0.717, 1.165) is 0 Å². The molecule has 1 heterocycles. The van der Waals surface area contributed by atoms with Gasteiger partial charge in [-0.05, 0) is 18.4 Å². The Balaban J connectivity index is 2.08. The fraction of sp³-hybridized carbons (Fsp3) is 0.417. The van der Waals surface area contributed by atoms with Crippen molar-refractivity contribution >= 4 is 27.6 Å².